The van der Waals surface area contributed by atoms with Crippen molar-refractivity contribution >= 4 is 47.7 Å². The maximum absolute atomic E-state index is 10.9. The predicted molar refractivity (Wildman–Crippen MR) is 98.2 cm³/mol. The summed E-state index contributed by atoms with van der Waals surface area (Å²) < 4.78 is 1.30. The lowest BCUT2D eigenvalue weighted by molar-refractivity contribution is -0.390. The molecule has 8 nitrogen and oxygen atoms in total. The zero-order valence-electron chi connectivity index (χ0n) is 12.5. The highest BCUT2D eigenvalue weighted by Crippen LogP contribution is 2.16. The number of hydrogen-bond acceptors (Lipinski definition) is 5. The fraction of sp³-hybridized carbons (Fsp3) is 0. The highest BCUT2D eigenvalue weighted by atomic mass is 32.1. The Morgan fingerprint density at radius 1 is 1.38 bits per heavy atom. The Labute approximate surface area is 143 Å². The van der Waals surface area contributed by atoms with E-state index in [0.29, 0.717) is 5.82 Å². The number of rotatable bonds is 6. The van der Waals surface area contributed by atoms with E-state index in [0.717, 1.165) is 11.1 Å². The molecule has 2 rings (SSSR count). The van der Waals surface area contributed by atoms with Crippen LogP contribution in [-0.2, 0) is 0 Å². The average molecular weight is 342 g/mol. The molecule has 0 spiro atoms. The van der Waals surface area contributed by atoms with Gasteiger partial charge in [-0.05, 0) is 34.3 Å². The number of benzene rings is 1. The first-order valence-corrected chi connectivity index (χ1v) is 7.13. The van der Waals surface area contributed by atoms with E-state index in [1.807, 2.05) is 24.3 Å². The Kier molecular flexibility index (Phi) is 5.53. The molecule has 0 aliphatic heterocycles. The normalized spacial score (nSPS) is 11.0. The van der Waals surface area contributed by atoms with Crippen molar-refractivity contribution in [3.8, 4) is 0 Å². The van der Waals surface area contributed by atoms with Crippen LogP contribution < -0.4 is 11.2 Å². The molecule has 1 aromatic heterocycles. The van der Waals surface area contributed by atoms with Crippen molar-refractivity contribution in [3.63, 3.8) is 0 Å². The smallest absolute Gasteiger partial charge is 0.347 e. The molecular formula is C15H14N6O2S. The van der Waals surface area contributed by atoms with Crippen LogP contribution in [0.4, 0.5) is 5.82 Å². The van der Waals surface area contributed by atoms with Gasteiger partial charge in [0.25, 0.3) is 0 Å². The molecule has 0 atom stereocenters. The molecule has 1 aromatic carbocycles. The van der Waals surface area contributed by atoms with Gasteiger partial charge in [0.1, 0.15) is 6.20 Å². The first-order chi connectivity index (χ1) is 11.5. The predicted octanol–water partition coefficient (Wildman–Crippen LogP) is 2.23. The summed E-state index contributed by atoms with van der Waals surface area (Å²) in [4.78, 5) is 14.4. The van der Waals surface area contributed by atoms with Crippen molar-refractivity contribution in [2.24, 2.45) is 10.8 Å². The van der Waals surface area contributed by atoms with Crippen molar-refractivity contribution in [1.29, 1.82) is 0 Å². The largest absolute Gasteiger partial charge is 0.375 e. The number of hydrogen-bond donors (Lipinski definition) is 2. The number of imidazole rings is 1. The number of nitro groups is 1. The maximum Gasteiger partial charge on any atom is 0.347 e. The van der Waals surface area contributed by atoms with Crippen LogP contribution in [0.15, 0.2) is 42.1 Å². The lowest BCUT2D eigenvalue weighted by Crippen LogP contribution is -2.23. The molecule has 3 N–H and O–H groups in total. The van der Waals surface area contributed by atoms with E-state index in [-0.39, 0.29) is 10.9 Å². The number of nitrogens with two attached hydrogens (primary N) is 1. The first kappa shape index (κ1) is 17.0. The summed E-state index contributed by atoms with van der Waals surface area (Å²) in [5.74, 6) is 0.282. The van der Waals surface area contributed by atoms with E-state index in [9.17, 15) is 10.1 Å². The van der Waals surface area contributed by atoms with Crippen LogP contribution in [0, 0.1) is 10.1 Å². The SMILES string of the molecule is C=Cn1c([N+](=O)[O-])cnc1/C=C/c1ccc(/C=N/NC(N)=S)cc1. The summed E-state index contributed by atoms with van der Waals surface area (Å²) in [5, 5.41) is 14.8. The Bertz CT molecular complexity index is 823. The van der Waals surface area contributed by atoms with Crippen molar-refractivity contribution in [2.75, 3.05) is 0 Å². The van der Waals surface area contributed by atoms with Crippen LogP contribution in [0.2, 0.25) is 0 Å². The van der Waals surface area contributed by atoms with E-state index in [2.05, 4.69) is 34.3 Å². The number of nitrogens with one attached hydrogen (secondary N) is 1. The summed E-state index contributed by atoms with van der Waals surface area (Å²) in [7, 11) is 0. The Balaban J connectivity index is 2.12. The van der Waals surface area contributed by atoms with Gasteiger partial charge in [0, 0.05) is 6.08 Å². The summed E-state index contributed by atoms with van der Waals surface area (Å²) >= 11 is 4.64. The van der Waals surface area contributed by atoms with E-state index in [1.54, 1.807) is 18.4 Å². The molecule has 0 aliphatic carbocycles. The number of nitrogens with zero attached hydrogens (tertiary/aromatic N) is 4. The topological polar surface area (TPSA) is 111 Å². The molecule has 0 fully saturated rings. The van der Waals surface area contributed by atoms with E-state index < -0.39 is 4.92 Å². The molecule has 1 heterocycles. The summed E-state index contributed by atoms with van der Waals surface area (Å²) in [5.41, 5.74) is 9.49. The van der Waals surface area contributed by atoms with Crippen LogP contribution >= 0.6 is 12.2 Å². The second kappa shape index (κ2) is 7.79. The summed E-state index contributed by atoms with van der Waals surface area (Å²) in [6.07, 6.45) is 7.59. The maximum atomic E-state index is 10.9. The van der Waals surface area contributed by atoms with Crippen molar-refractivity contribution < 1.29 is 4.92 Å². The Morgan fingerprint density at radius 2 is 2.04 bits per heavy atom. The number of hydrazone groups is 1. The quantitative estimate of drug-likeness (QED) is 0.360. The van der Waals surface area contributed by atoms with Gasteiger partial charge in [-0.3, -0.25) is 5.43 Å². The van der Waals surface area contributed by atoms with Crippen LogP contribution in [-0.4, -0.2) is 25.8 Å². The van der Waals surface area contributed by atoms with Crippen molar-refractivity contribution in [1.82, 2.24) is 15.0 Å². The van der Waals surface area contributed by atoms with Crippen molar-refractivity contribution in [3.05, 3.63) is 64.1 Å². The highest BCUT2D eigenvalue weighted by molar-refractivity contribution is 7.80. The monoisotopic (exact) mass is 342 g/mol. The van der Waals surface area contributed by atoms with E-state index >= 15 is 0 Å². The van der Waals surface area contributed by atoms with Gasteiger partial charge in [-0.2, -0.15) is 9.67 Å². The van der Waals surface area contributed by atoms with Gasteiger partial charge in [0.15, 0.2) is 5.11 Å². The molecule has 0 bridgehead atoms. The van der Waals surface area contributed by atoms with Crippen molar-refractivity contribution in [2.45, 2.75) is 0 Å². The second-order valence-corrected chi connectivity index (χ2v) is 4.96. The van der Waals surface area contributed by atoms with Crippen LogP contribution in [0.25, 0.3) is 18.4 Å². The van der Waals surface area contributed by atoms with Crippen LogP contribution in [0.3, 0.4) is 0 Å². The average Bonchev–Trinajstić information content (AvgIpc) is 2.97. The molecule has 122 valence electrons. The molecule has 0 saturated heterocycles. The van der Waals surface area contributed by atoms with Gasteiger partial charge in [-0.1, -0.05) is 30.8 Å². The zero-order valence-corrected chi connectivity index (χ0v) is 13.3. The highest BCUT2D eigenvalue weighted by Gasteiger charge is 2.15. The minimum Gasteiger partial charge on any atom is -0.375 e. The molecule has 0 saturated carbocycles. The van der Waals surface area contributed by atoms with Crippen LogP contribution in [0.1, 0.15) is 17.0 Å². The van der Waals surface area contributed by atoms with Gasteiger partial charge < -0.3 is 15.8 Å². The van der Waals surface area contributed by atoms with Gasteiger partial charge in [0.2, 0.25) is 5.82 Å². The first-order valence-electron chi connectivity index (χ1n) is 6.72. The van der Waals surface area contributed by atoms with Crippen LogP contribution in [0.5, 0.6) is 0 Å². The summed E-state index contributed by atoms with van der Waals surface area (Å²) in [6.45, 7) is 3.56. The molecule has 2 aromatic rings. The lowest BCUT2D eigenvalue weighted by atomic mass is 10.1. The third-order valence-electron chi connectivity index (χ3n) is 2.93. The minimum absolute atomic E-state index is 0.0950. The zero-order chi connectivity index (χ0) is 17.5. The lowest BCUT2D eigenvalue weighted by Gasteiger charge is -1.97. The molecule has 9 heteroatoms. The third-order valence-corrected chi connectivity index (χ3v) is 3.02. The third kappa shape index (κ3) is 4.34. The van der Waals surface area contributed by atoms with E-state index in [1.165, 1.54) is 17.0 Å². The Morgan fingerprint density at radius 3 is 2.62 bits per heavy atom. The second-order valence-electron chi connectivity index (χ2n) is 4.52. The molecular weight excluding hydrogens is 328 g/mol. The fourth-order valence-corrected chi connectivity index (χ4v) is 1.90. The van der Waals surface area contributed by atoms with Gasteiger partial charge in [0.05, 0.1) is 12.4 Å². The van der Waals surface area contributed by atoms with Gasteiger partial charge in [-0.15, -0.1) is 0 Å². The molecule has 0 aliphatic rings. The number of aromatic nitrogens is 2. The minimum atomic E-state index is -0.513. The molecule has 24 heavy (non-hydrogen) atoms. The summed E-state index contributed by atoms with van der Waals surface area (Å²) in [6, 6.07) is 7.45. The molecule has 0 radical (unpaired) electrons. The fourth-order valence-electron chi connectivity index (χ4n) is 1.85. The molecule has 0 unspecified atom stereocenters. The Hall–Kier alpha value is -3.33. The van der Waals surface area contributed by atoms with Gasteiger partial charge in [-0.25, -0.2) is 4.98 Å². The van der Waals surface area contributed by atoms with E-state index in [4.69, 9.17) is 5.73 Å². The number of thiocarbonyl (C=S) groups is 1. The van der Waals surface area contributed by atoms with Gasteiger partial charge >= 0.3 is 5.82 Å². The molecule has 0 amide bonds. The standard InChI is InChI=1S/C15H14N6O2S/c1-2-20-13(17-10-14(20)21(22)23)8-7-11-3-5-12(6-4-11)9-18-19-15(16)24/h2-10H,1H2,(H3,16,19,24)/b8-7+,18-9+.